The van der Waals surface area contributed by atoms with Crippen molar-refractivity contribution in [2.24, 2.45) is 22.7 Å². The fourth-order valence-corrected chi connectivity index (χ4v) is 6.97. The van der Waals surface area contributed by atoms with Crippen LogP contribution in [0.15, 0.2) is 24.3 Å². The van der Waals surface area contributed by atoms with Gasteiger partial charge in [-0.1, -0.05) is 32.6 Å². The van der Waals surface area contributed by atoms with Crippen molar-refractivity contribution in [3.8, 4) is 11.5 Å². The van der Waals surface area contributed by atoms with Crippen molar-refractivity contribution in [1.29, 1.82) is 0 Å². The molecular weight excluding hydrogens is 490 g/mol. The second kappa shape index (κ2) is 9.74. The molecule has 0 radical (unpaired) electrons. The van der Waals surface area contributed by atoms with E-state index in [1.54, 1.807) is 6.08 Å². The molecule has 9 heteroatoms. The van der Waals surface area contributed by atoms with Crippen molar-refractivity contribution in [1.82, 2.24) is 0 Å². The summed E-state index contributed by atoms with van der Waals surface area (Å²) in [5, 5.41) is 23.4. The van der Waals surface area contributed by atoms with Gasteiger partial charge in [-0.25, -0.2) is 4.79 Å². The Morgan fingerprint density at radius 1 is 1.19 bits per heavy atom. The second-order valence-corrected chi connectivity index (χ2v) is 18.0. The number of allylic oxidation sites excluding steroid dienone is 2. The van der Waals surface area contributed by atoms with E-state index in [9.17, 15) is 29.4 Å². The van der Waals surface area contributed by atoms with E-state index in [0.717, 1.165) is 18.9 Å². The minimum absolute atomic E-state index is 0.00202. The van der Waals surface area contributed by atoms with E-state index in [1.165, 1.54) is 12.1 Å². The number of hydrogen-bond acceptors (Lipinski definition) is 7. The summed E-state index contributed by atoms with van der Waals surface area (Å²) >= 11 is 0. The number of esters is 1. The molecule has 0 aromatic heterocycles. The number of amides is 1. The molecule has 5 rings (SSSR count). The molecule has 0 heterocycles. The number of ether oxygens (including phenoxy) is 1. The Kier molecular flexibility index (Phi) is 7.13. The first kappa shape index (κ1) is 27.1. The maximum atomic E-state index is 13.0. The van der Waals surface area contributed by atoms with Gasteiger partial charge in [-0.2, -0.15) is 0 Å². The Morgan fingerprint density at radius 2 is 1.92 bits per heavy atom. The predicted molar refractivity (Wildman–Crippen MR) is 141 cm³/mol. The summed E-state index contributed by atoms with van der Waals surface area (Å²) in [7, 11) is -1.42. The van der Waals surface area contributed by atoms with Crippen LogP contribution in [0.3, 0.4) is 0 Å². The van der Waals surface area contributed by atoms with E-state index in [4.69, 9.17) is 4.74 Å². The average Bonchev–Trinajstić information content (AvgIpc) is 2.82. The van der Waals surface area contributed by atoms with Crippen molar-refractivity contribution >= 4 is 37.2 Å². The summed E-state index contributed by atoms with van der Waals surface area (Å²) in [5.74, 6) is -1.95. The molecule has 4 aliphatic carbocycles. The van der Waals surface area contributed by atoms with E-state index in [1.807, 2.05) is 13.0 Å². The molecule has 0 aliphatic heterocycles. The van der Waals surface area contributed by atoms with Gasteiger partial charge in [0.05, 0.1) is 6.61 Å². The number of hydrogen-bond donors (Lipinski definition) is 3. The molecule has 1 unspecified atom stereocenters. The van der Waals surface area contributed by atoms with Gasteiger partial charge in [-0.15, -0.1) is 0 Å². The zero-order chi connectivity index (χ0) is 27.2. The van der Waals surface area contributed by atoms with Crippen LogP contribution in [0.2, 0.25) is 25.7 Å². The average molecular weight is 528 g/mol. The van der Waals surface area contributed by atoms with Crippen LogP contribution in [0.1, 0.15) is 55.8 Å². The maximum absolute atomic E-state index is 13.0. The highest BCUT2D eigenvalue weighted by Gasteiger charge is 2.59. The zero-order valence-corrected chi connectivity index (χ0v) is 23.1. The van der Waals surface area contributed by atoms with E-state index >= 15 is 0 Å². The molecule has 3 fully saturated rings. The minimum Gasteiger partial charge on any atom is -0.506 e. The number of fused-ring (bicyclic) bond motifs is 2. The first-order valence-corrected chi connectivity index (χ1v) is 16.7. The molecule has 1 aromatic carbocycles. The second-order valence-electron chi connectivity index (χ2n) is 12.4. The lowest BCUT2D eigenvalue weighted by Crippen LogP contribution is -2.56. The number of Topliss-reactive ketones (excluding diaryl/α,β-unsaturated/α-hetero) is 1. The fourth-order valence-electron chi connectivity index (χ4n) is 6.25. The van der Waals surface area contributed by atoms with E-state index in [-0.39, 0.29) is 65.3 Å². The van der Waals surface area contributed by atoms with E-state index < -0.39 is 31.1 Å². The largest absolute Gasteiger partial charge is 0.506 e. The quantitative estimate of drug-likeness (QED) is 0.251. The van der Waals surface area contributed by atoms with Crippen molar-refractivity contribution in [2.75, 3.05) is 11.9 Å². The predicted octanol–water partition coefficient (Wildman–Crippen LogP) is 4.83. The summed E-state index contributed by atoms with van der Waals surface area (Å²) < 4.78 is 5.29. The molecule has 3 N–H and O–H groups in total. The molecule has 1 aromatic rings. The number of carbonyl (C=O) groups excluding carboxylic acids is 4. The van der Waals surface area contributed by atoms with Crippen LogP contribution in [0, 0.1) is 22.7 Å². The van der Waals surface area contributed by atoms with Gasteiger partial charge in [0.15, 0.2) is 11.5 Å². The van der Waals surface area contributed by atoms with Crippen LogP contribution in [0.5, 0.6) is 11.5 Å². The summed E-state index contributed by atoms with van der Waals surface area (Å²) in [4.78, 5) is 50.9. The number of anilines is 1. The van der Waals surface area contributed by atoms with Gasteiger partial charge in [0.1, 0.15) is 22.8 Å². The van der Waals surface area contributed by atoms with Crippen LogP contribution >= 0.6 is 0 Å². The molecule has 3 saturated carbocycles. The molecule has 4 atom stereocenters. The first-order chi connectivity index (χ1) is 17.3. The Labute approximate surface area is 218 Å². The number of ketones is 2. The highest BCUT2D eigenvalue weighted by Crippen LogP contribution is 2.62. The summed E-state index contributed by atoms with van der Waals surface area (Å²) in [6.45, 7) is 8.58. The highest BCUT2D eigenvalue weighted by molar-refractivity contribution is 6.76. The van der Waals surface area contributed by atoms with Crippen LogP contribution in [-0.2, 0) is 19.1 Å². The van der Waals surface area contributed by atoms with Gasteiger partial charge in [0.25, 0.3) is 0 Å². The lowest BCUT2D eigenvalue weighted by atomic mass is 9.45. The molecule has 1 spiro atoms. The lowest BCUT2D eigenvalue weighted by molar-refractivity contribution is -0.150. The van der Waals surface area contributed by atoms with Crippen molar-refractivity contribution in [3.05, 3.63) is 29.8 Å². The SMILES string of the molecule is C[C@@]1(CCC(=O)Nc2c(O)ccc(C(=O)OCC[Si](C)(C)C)c2O)C(=O)C=C[C@@]23CC[C@@H](CC21)C(=O)C3. The van der Waals surface area contributed by atoms with Crippen molar-refractivity contribution < 1.29 is 34.1 Å². The van der Waals surface area contributed by atoms with Gasteiger partial charge in [-0.05, 0) is 61.3 Å². The van der Waals surface area contributed by atoms with E-state index in [2.05, 4.69) is 25.0 Å². The third-order valence-electron chi connectivity index (χ3n) is 8.63. The third-order valence-corrected chi connectivity index (χ3v) is 10.3. The number of phenolic OH excluding ortho intramolecular Hbond substituents is 2. The summed E-state index contributed by atoms with van der Waals surface area (Å²) in [6.07, 6.45) is 6.61. The van der Waals surface area contributed by atoms with Gasteiger partial charge in [0.2, 0.25) is 5.91 Å². The van der Waals surface area contributed by atoms with Crippen LogP contribution in [-0.4, -0.2) is 48.3 Å². The number of benzene rings is 1. The Bertz CT molecular complexity index is 1170. The number of carbonyl (C=O) groups is 4. The van der Waals surface area contributed by atoms with Gasteiger partial charge < -0.3 is 20.3 Å². The molecule has 1 amide bonds. The smallest absolute Gasteiger partial charge is 0.341 e. The molecular formula is C28H37NO7Si. The summed E-state index contributed by atoms with van der Waals surface area (Å²) in [5.41, 5.74) is -1.50. The standard InChI is InChI=1S/C28H37NO7Si/c1-27(21-15-17-7-11-28(21,16-20(17)31)12-8-22(27)32)10-9-23(33)29-24-19(30)6-5-18(25(24)34)26(35)36-13-14-37(2,3)4/h5-6,8,12,17,21,30,34H,7,9-11,13-16H2,1-4H3,(H,29,33)/t17-,21?,27-,28+/m0/s1. The van der Waals surface area contributed by atoms with E-state index in [0.29, 0.717) is 12.8 Å². The van der Waals surface area contributed by atoms with Crippen LogP contribution < -0.4 is 5.32 Å². The van der Waals surface area contributed by atoms with Crippen LogP contribution in [0.4, 0.5) is 5.69 Å². The van der Waals surface area contributed by atoms with Gasteiger partial charge in [-0.3, -0.25) is 14.4 Å². The Balaban J connectivity index is 1.44. The van der Waals surface area contributed by atoms with Crippen LogP contribution in [0.25, 0.3) is 0 Å². The number of rotatable bonds is 8. The summed E-state index contributed by atoms with van der Waals surface area (Å²) in [6, 6.07) is 3.25. The van der Waals surface area contributed by atoms with Gasteiger partial charge in [0, 0.05) is 32.2 Å². The third kappa shape index (κ3) is 5.23. The number of phenols is 2. The molecule has 200 valence electrons. The Morgan fingerprint density at radius 3 is 2.59 bits per heavy atom. The van der Waals surface area contributed by atoms with Crippen molar-refractivity contribution in [3.63, 3.8) is 0 Å². The monoisotopic (exact) mass is 527 g/mol. The number of nitrogens with one attached hydrogen (secondary N) is 1. The van der Waals surface area contributed by atoms with Gasteiger partial charge >= 0.3 is 5.97 Å². The van der Waals surface area contributed by atoms with Crippen molar-refractivity contribution in [2.45, 2.75) is 71.1 Å². The molecule has 4 aliphatic rings. The minimum atomic E-state index is -1.42. The normalized spacial score (nSPS) is 28.6. The maximum Gasteiger partial charge on any atom is 0.341 e. The topological polar surface area (TPSA) is 130 Å². The fraction of sp³-hybridized carbons (Fsp3) is 0.571. The molecule has 0 saturated heterocycles. The first-order valence-electron chi connectivity index (χ1n) is 13.0. The molecule has 2 bridgehead atoms. The lowest BCUT2D eigenvalue weighted by Gasteiger charge is -2.57. The molecule has 37 heavy (non-hydrogen) atoms. The Hall–Kier alpha value is -2.94. The number of aromatic hydroxyl groups is 2. The zero-order valence-electron chi connectivity index (χ0n) is 22.1. The highest BCUT2D eigenvalue weighted by atomic mass is 28.3. The molecule has 8 nitrogen and oxygen atoms in total.